The molecule has 1 aromatic heterocycles. The molecule has 1 aliphatic carbocycles. The van der Waals surface area contributed by atoms with Crippen LogP contribution in [0, 0.1) is 11.8 Å². The van der Waals surface area contributed by atoms with Gasteiger partial charge in [0.1, 0.15) is 17.7 Å². The first-order valence-corrected chi connectivity index (χ1v) is 13.6. The molecule has 2 saturated heterocycles. The maximum atomic E-state index is 13.8. The van der Waals surface area contributed by atoms with Crippen LogP contribution < -0.4 is 5.32 Å². The minimum Gasteiger partial charge on any atom is -0.451 e. The van der Waals surface area contributed by atoms with E-state index in [0.717, 1.165) is 11.1 Å². The van der Waals surface area contributed by atoms with Gasteiger partial charge in [0.05, 0.1) is 18.5 Å². The zero-order valence-electron chi connectivity index (χ0n) is 22.9. The van der Waals surface area contributed by atoms with Gasteiger partial charge in [-0.25, -0.2) is 0 Å². The molecule has 206 valence electrons. The topological polar surface area (TPSA) is 103 Å². The predicted octanol–water partition coefficient (Wildman–Crippen LogP) is 2.98. The highest BCUT2D eigenvalue weighted by Crippen LogP contribution is 2.33. The lowest BCUT2D eigenvalue weighted by Gasteiger charge is -2.30. The second kappa shape index (κ2) is 10.7. The molecular weight excluding hydrogens is 496 g/mol. The highest BCUT2D eigenvalue weighted by atomic mass is 16.3. The molecule has 2 aliphatic heterocycles. The lowest BCUT2D eigenvalue weighted by atomic mass is 9.96. The van der Waals surface area contributed by atoms with Crippen LogP contribution in [0.2, 0.25) is 0 Å². The fourth-order valence-electron chi connectivity index (χ4n) is 5.87. The maximum Gasteiger partial charge on any atom is 0.290 e. The first-order valence-electron chi connectivity index (χ1n) is 13.6. The summed E-state index contributed by atoms with van der Waals surface area (Å²) in [7, 11) is 3.90. The van der Waals surface area contributed by atoms with E-state index in [1.165, 1.54) is 4.90 Å². The Morgan fingerprint density at radius 1 is 1.15 bits per heavy atom. The highest BCUT2D eigenvalue weighted by molar-refractivity contribution is 6.03. The number of allylic oxidation sites excluding steroid dienone is 2. The first-order chi connectivity index (χ1) is 18.6. The number of amides is 3. The van der Waals surface area contributed by atoms with Crippen LogP contribution in [0.1, 0.15) is 43.7 Å². The third-order valence-electron chi connectivity index (χ3n) is 7.86. The Labute approximate surface area is 228 Å². The number of carbonyl (C=O) groups excluding carboxylic acids is 4. The number of para-hydroxylation sites is 1. The smallest absolute Gasteiger partial charge is 0.290 e. The molecule has 0 radical (unpaired) electrons. The number of hydrogen-bond donors (Lipinski definition) is 1. The second-order valence-electron chi connectivity index (χ2n) is 11.3. The van der Waals surface area contributed by atoms with Gasteiger partial charge in [-0.1, -0.05) is 44.2 Å². The molecule has 2 aromatic rings. The summed E-state index contributed by atoms with van der Waals surface area (Å²) in [4.78, 5) is 58.6. The number of Topliss-reactive ketones (excluding diaryl/α,β-unsaturated/α-hetero) is 1. The van der Waals surface area contributed by atoms with Gasteiger partial charge in [0.25, 0.3) is 5.91 Å². The monoisotopic (exact) mass is 532 g/mol. The lowest BCUT2D eigenvalue weighted by Crippen LogP contribution is -2.53. The molecule has 5 rings (SSSR count). The van der Waals surface area contributed by atoms with Crippen LogP contribution in [0.25, 0.3) is 11.0 Å². The van der Waals surface area contributed by atoms with Gasteiger partial charge in [-0.05, 0) is 43.4 Å². The van der Waals surface area contributed by atoms with Gasteiger partial charge in [-0.3, -0.25) is 19.2 Å². The Hall–Kier alpha value is -3.88. The van der Waals surface area contributed by atoms with Crippen LogP contribution in [-0.4, -0.2) is 83.5 Å². The molecule has 1 N–H and O–H groups in total. The molecule has 1 aromatic carbocycles. The summed E-state index contributed by atoms with van der Waals surface area (Å²) in [6, 6.07) is 7.21. The molecule has 9 heteroatoms. The number of rotatable bonds is 7. The third kappa shape index (κ3) is 5.22. The summed E-state index contributed by atoms with van der Waals surface area (Å²) in [6.45, 7) is 4.29. The van der Waals surface area contributed by atoms with Crippen molar-refractivity contribution < 1.29 is 23.6 Å². The number of ketones is 1. The fraction of sp³-hybridized carbons (Fsp3) is 0.467. The summed E-state index contributed by atoms with van der Waals surface area (Å²) in [5, 5.41) is 3.80. The maximum absolute atomic E-state index is 13.8. The minimum absolute atomic E-state index is 0.0659. The van der Waals surface area contributed by atoms with Crippen molar-refractivity contribution in [2.24, 2.45) is 11.8 Å². The number of likely N-dealkylation sites (tertiary alicyclic amines) is 2. The molecule has 0 saturated carbocycles. The van der Waals surface area contributed by atoms with Crippen molar-refractivity contribution in [1.29, 1.82) is 0 Å². The standard InChI is InChI=1S/C30H36N4O5/c1-18(2)15-22(31-28(36)19-9-11-21(12-10-19)32(3)4)29(37)33-14-13-23-27(33)24(35)17-34(23)30(38)26-16-20-7-5-6-8-25(20)39-26/h5-9,11-12,16,18-19,22-23,27H,10,13-15,17H2,1-4H3,(H,31,36)/t19?,22-,23+,27-/m0/s1. The number of furan rings is 1. The molecule has 0 spiro atoms. The molecule has 3 heterocycles. The van der Waals surface area contributed by atoms with Crippen molar-refractivity contribution in [3.8, 4) is 0 Å². The zero-order valence-corrected chi connectivity index (χ0v) is 22.9. The molecular formula is C30H36N4O5. The molecule has 2 fully saturated rings. The van der Waals surface area contributed by atoms with Gasteiger partial charge in [-0.15, -0.1) is 0 Å². The van der Waals surface area contributed by atoms with E-state index in [1.807, 2.05) is 69.3 Å². The van der Waals surface area contributed by atoms with E-state index >= 15 is 0 Å². The number of benzene rings is 1. The van der Waals surface area contributed by atoms with E-state index in [2.05, 4.69) is 5.32 Å². The molecule has 3 amide bonds. The minimum atomic E-state index is -0.739. The number of likely N-dealkylation sites (N-methyl/N-ethyl adjacent to an activating group) is 1. The molecule has 39 heavy (non-hydrogen) atoms. The number of nitrogens with zero attached hydrogens (tertiary/aromatic N) is 3. The Morgan fingerprint density at radius 3 is 2.59 bits per heavy atom. The van der Waals surface area contributed by atoms with Crippen molar-refractivity contribution in [2.75, 3.05) is 27.2 Å². The van der Waals surface area contributed by atoms with Gasteiger partial charge < -0.3 is 24.4 Å². The molecule has 4 atom stereocenters. The SMILES string of the molecule is CC(C)C[C@H](NC(=O)C1C=CC(N(C)C)=CC1)C(=O)N1CC[C@@H]2[C@H]1C(=O)CN2C(=O)c1cc2ccccc2o1. The predicted molar refractivity (Wildman–Crippen MR) is 147 cm³/mol. The van der Waals surface area contributed by atoms with Gasteiger partial charge in [0, 0.05) is 31.7 Å². The largest absolute Gasteiger partial charge is 0.451 e. The summed E-state index contributed by atoms with van der Waals surface area (Å²) >= 11 is 0. The van der Waals surface area contributed by atoms with Crippen molar-refractivity contribution in [2.45, 2.75) is 51.2 Å². The fourth-order valence-corrected chi connectivity index (χ4v) is 5.87. The quantitative estimate of drug-likeness (QED) is 0.588. The number of nitrogens with one attached hydrogen (secondary N) is 1. The third-order valence-corrected chi connectivity index (χ3v) is 7.86. The van der Waals surface area contributed by atoms with Crippen LogP contribution in [-0.2, 0) is 14.4 Å². The van der Waals surface area contributed by atoms with Crippen LogP contribution in [0.4, 0.5) is 0 Å². The Bertz CT molecular complexity index is 1320. The van der Waals surface area contributed by atoms with Gasteiger partial charge in [0.15, 0.2) is 11.5 Å². The van der Waals surface area contributed by atoms with Crippen LogP contribution in [0.3, 0.4) is 0 Å². The molecule has 1 unspecified atom stereocenters. The van der Waals surface area contributed by atoms with Gasteiger partial charge in [0.2, 0.25) is 11.8 Å². The average molecular weight is 533 g/mol. The summed E-state index contributed by atoms with van der Waals surface area (Å²) in [6.07, 6.45) is 7.32. The van der Waals surface area contributed by atoms with Crippen molar-refractivity contribution >= 4 is 34.5 Å². The normalized spacial score (nSPS) is 23.3. The van der Waals surface area contributed by atoms with E-state index in [4.69, 9.17) is 4.42 Å². The number of hydrogen-bond acceptors (Lipinski definition) is 6. The van der Waals surface area contributed by atoms with Crippen molar-refractivity contribution in [3.05, 3.63) is 60.0 Å². The Kier molecular flexibility index (Phi) is 7.34. The van der Waals surface area contributed by atoms with Crippen LogP contribution in [0.15, 0.2) is 58.7 Å². The summed E-state index contributed by atoms with van der Waals surface area (Å²) < 4.78 is 5.76. The average Bonchev–Trinajstić information content (AvgIpc) is 3.62. The van der Waals surface area contributed by atoms with Crippen molar-refractivity contribution in [1.82, 2.24) is 20.0 Å². The summed E-state index contributed by atoms with van der Waals surface area (Å²) in [5.74, 6) is -0.983. The van der Waals surface area contributed by atoms with Crippen LogP contribution in [0.5, 0.6) is 0 Å². The van der Waals surface area contributed by atoms with E-state index in [-0.39, 0.29) is 47.6 Å². The lowest BCUT2D eigenvalue weighted by molar-refractivity contribution is -0.140. The zero-order chi connectivity index (χ0) is 27.8. The Morgan fingerprint density at radius 2 is 1.92 bits per heavy atom. The van der Waals surface area contributed by atoms with Crippen molar-refractivity contribution in [3.63, 3.8) is 0 Å². The summed E-state index contributed by atoms with van der Waals surface area (Å²) in [5.41, 5.74) is 1.65. The van der Waals surface area contributed by atoms with E-state index in [0.29, 0.717) is 31.4 Å². The van der Waals surface area contributed by atoms with Gasteiger partial charge >= 0.3 is 0 Å². The highest BCUT2D eigenvalue weighted by Gasteiger charge is 2.52. The van der Waals surface area contributed by atoms with Crippen LogP contribution >= 0.6 is 0 Å². The Balaban J connectivity index is 1.29. The molecule has 3 aliphatic rings. The van der Waals surface area contributed by atoms with Gasteiger partial charge in [-0.2, -0.15) is 0 Å². The van der Waals surface area contributed by atoms with E-state index < -0.39 is 18.1 Å². The molecule has 0 bridgehead atoms. The first kappa shape index (κ1) is 26.7. The number of fused-ring (bicyclic) bond motifs is 2. The van der Waals surface area contributed by atoms with E-state index in [1.54, 1.807) is 17.0 Å². The number of carbonyl (C=O) groups is 4. The second-order valence-corrected chi connectivity index (χ2v) is 11.3. The van der Waals surface area contributed by atoms with E-state index in [9.17, 15) is 19.2 Å². The molecule has 9 nitrogen and oxygen atoms in total.